The van der Waals surface area contributed by atoms with E-state index in [2.05, 4.69) is 10.2 Å². The van der Waals surface area contributed by atoms with Gasteiger partial charge in [-0.05, 0) is 12.1 Å². The van der Waals surface area contributed by atoms with E-state index in [0.717, 1.165) is 39.4 Å². The molecule has 110 valence electrons. The molecule has 0 amide bonds. The molecule has 0 spiro atoms. The summed E-state index contributed by atoms with van der Waals surface area (Å²) >= 11 is 0. The Morgan fingerprint density at radius 1 is 1.40 bits per heavy atom. The Morgan fingerprint density at radius 2 is 2.20 bits per heavy atom. The van der Waals surface area contributed by atoms with Gasteiger partial charge in [0.25, 0.3) is 0 Å². The van der Waals surface area contributed by atoms with Crippen molar-refractivity contribution >= 4 is 5.78 Å². The first-order chi connectivity index (χ1) is 9.79. The summed E-state index contributed by atoms with van der Waals surface area (Å²) in [6.45, 7) is 5.70. The number of carbonyl (C=O) groups is 1. The molecule has 1 N–H and O–H groups in total. The SMILES string of the molecule is COc1cccc(C(=O)CNCCN2CCOCC2)c1. The highest BCUT2D eigenvalue weighted by Crippen LogP contribution is 2.12. The third-order valence-corrected chi connectivity index (χ3v) is 3.39. The second kappa shape index (κ2) is 7.99. The number of ketones is 1. The van der Waals surface area contributed by atoms with Crippen molar-refractivity contribution in [1.29, 1.82) is 0 Å². The van der Waals surface area contributed by atoms with Crippen LogP contribution < -0.4 is 10.1 Å². The number of hydrogen-bond donors (Lipinski definition) is 1. The van der Waals surface area contributed by atoms with Crippen LogP contribution in [0.25, 0.3) is 0 Å². The van der Waals surface area contributed by atoms with Crippen molar-refractivity contribution in [2.75, 3.05) is 53.0 Å². The largest absolute Gasteiger partial charge is 0.497 e. The molecule has 0 saturated carbocycles. The number of nitrogens with zero attached hydrogens (tertiary/aromatic N) is 1. The zero-order chi connectivity index (χ0) is 14.2. The van der Waals surface area contributed by atoms with Crippen molar-refractivity contribution in [2.45, 2.75) is 0 Å². The van der Waals surface area contributed by atoms with Gasteiger partial charge in [0.15, 0.2) is 5.78 Å². The molecule has 0 bridgehead atoms. The van der Waals surface area contributed by atoms with Gasteiger partial charge in [0.1, 0.15) is 5.75 Å². The Balaban J connectivity index is 1.69. The first kappa shape index (κ1) is 15.0. The van der Waals surface area contributed by atoms with Crippen LogP contribution in [0.1, 0.15) is 10.4 Å². The molecule has 0 radical (unpaired) electrons. The first-order valence-electron chi connectivity index (χ1n) is 6.97. The number of methoxy groups -OCH3 is 1. The van der Waals surface area contributed by atoms with E-state index in [1.165, 1.54) is 0 Å². The molecule has 20 heavy (non-hydrogen) atoms. The van der Waals surface area contributed by atoms with E-state index < -0.39 is 0 Å². The Bertz CT molecular complexity index is 431. The van der Waals surface area contributed by atoms with Crippen molar-refractivity contribution in [3.05, 3.63) is 29.8 Å². The third kappa shape index (κ3) is 4.59. The lowest BCUT2D eigenvalue weighted by molar-refractivity contribution is 0.0384. The molecule has 1 aromatic carbocycles. The lowest BCUT2D eigenvalue weighted by Crippen LogP contribution is -2.41. The first-order valence-corrected chi connectivity index (χ1v) is 6.97. The van der Waals surface area contributed by atoms with Crippen LogP contribution in [-0.4, -0.2) is 63.7 Å². The Morgan fingerprint density at radius 3 is 2.95 bits per heavy atom. The van der Waals surface area contributed by atoms with Crippen molar-refractivity contribution in [2.24, 2.45) is 0 Å². The second-order valence-corrected chi connectivity index (χ2v) is 4.79. The molecule has 1 aliphatic heterocycles. The van der Waals surface area contributed by atoms with E-state index in [4.69, 9.17) is 9.47 Å². The molecule has 5 nitrogen and oxygen atoms in total. The fourth-order valence-electron chi connectivity index (χ4n) is 2.16. The Kier molecular flexibility index (Phi) is 5.98. The van der Waals surface area contributed by atoms with Crippen molar-refractivity contribution < 1.29 is 14.3 Å². The van der Waals surface area contributed by atoms with Crippen LogP contribution >= 0.6 is 0 Å². The summed E-state index contributed by atoms with van der Waals surface area (Å²) in [6, 6.07) is 7.25. The molecule has 1 heterocycles. The van der Waals surface area contributed by atoms with Gasteiger partial charge in [-0.3, -0.25) is 9.69 Å². The molecule has 2 rings (SSSR count). The summed E-state index contributed by atoms with van der Waals surface area (Å²) in [5, 5.41) is 3.20. The standard InChI is InChI=1S/C15H22N2O3/c1-19-14-4-2-3-13(11-14)15(18)12-16-5-6-17-7-9-20-10-8-17/h2-4,11,16H,5-10,12H2,1H3. The van der Waals surface area contributed by atoms with E-state index in [9.17, 15) is 4.79 Å². The monoisotopic (exact) mass is 278 g/mol. The summed E-state index contributed by atoms with van der Waals surface area (Å²) < 4.78 is 10.4. The van der Waals surface area contributed by atoms with Gasteiger partial charge in [-0.1, -0.05) is 12.1 Å². The topological polar surface area (TPSA) is 50.8 Å². The van der Waals surface area contributed by atoms with Crippen molar-refractivity contribution in [3.63, 3.8) is 0 Å². The molecular formula is C15H22N2O3. The molecule has 0 aliphatic carbocycles. The lowest BCUT2D eigenvalue weighted by Gasteiger charge is -2.26. The summed E-state index contributed by atoms with van der Waals surface area (Å²) in [7, 11) is 1.60. The smallest absolute Gasteiger partial charge is 0.176 e. The molecule has 0 unspecified atom stereocenters. The van der Waals surface area contributed by atoms with Crippen LogP contribution in [-0.2, 0) is 4.74 Å². The van der Waals surface area contributed by atoms with E-state index in [-0.39, 0.29) is 5.78 Å². The van der Waals surface area contributed by atoms with E-state index in [1.807, 2.05) is 18.2 Å². The van der Waals surface area contributed by atoms with Crippen LogP contribution in [0.2, 0.25) is 0 Å². The number of Topliss-reactive ketones (excluding diaryl/α,β-unsaturated/α-hetero) is 1. The van der Waals surface area contributed by atoms with Gasteiger partial charge in [-0.15, -0.1) is 0 Å². The minimum Gasteiger partial charge on any atom is -0.497 e. The van der Waals surface area contributed by atoms with Gasteiger partial charge in [-0.25, -0.2) is 0 Å². The highest BCUT2D eigenvalue weighted by molar-refractivity contribution is 5.97. The maximum absolute atomic E-state index is 12.0. The predicted molar refractivity (Wildman–Crippen MR) is 77.5 cm³/mol. The Hall–Kier alpha value is -1.43. The van der Waals surface area contributed by atoms with Crippen molar-refractivity contribution in [3.8, 4) is 5.75 Å². The van der Waals surface area contributed by atoms with Gasteiger partial charge in [0.05, 0.1) is 26.9 Å². The normalized spacial score (nSPS) is 16.1. The van der Waals surface area contributed by atoms with Gasteiger partial charge in [0.2, 0.25) is 0 Å². The van der Waals surface area contributed by atoms with Crippen molar-refractivity contribution in [1.82, 2.24) is 10.2 Å². The Labute approximate surface area is 119 Å². The molecule has 1 saturated heterocycles. The number of ether oxygens (including phenoxy) is 2. The van der Waals surface area contributed by atoms with E-state index in [0.29, 0.717) is 17.9 Å². The minimum absolute atomic E-state index is 0.0888. The number of rotatable bonds is 7. The van der Waals surface area contributed by atoms with Crippen LogP contribution in [0.5, 0.6) is 5.75 Å². The summed E-state index contributed by atoms with van der Waals surface area (Å²) in [5.41, 5.74) is 0.684. The molecule has 0 atom stereocenters. The number of carbonyl (C=O) groups excluding carboxylic acids is 1. The van der Waals surface area contributed by atoms with E-state index in [1.54, 1.807) is 13.2 Å². The minimum atomic E-state index is 0.0888. The van der Waals surface area contributed by atoms with Gasteiger partial charge >= 0.3 is 0 Å². The van der Waals surface area contributed by atoms with Crippen LogP contribution in [0.4, 0.5) is 0 Å². The average Bonchev–Trinajstić information content (AvgIpc) is 2.52. The second-order valence-electron chi connectivity index (χ2n) is 4.79. The van der Waals surface area contributed by atoms with Crippen LogP contribution in [0.3, 0.4) is 0 Å². The zero-order valence-corrected chi connectivity index (χ0v) is 11.9. The molecule has 1 aromatic rings. The fraction of sp³-hybridized carbons (Fsp3) is 0.533. The molecular weight excluding hydrogens is 256 g/mol. The maximum Gasteiger partial charge on any atom is 0.176 e. The highest BCUT2D eigenvalue weighted by atomic mass is 16.5. The highest BCUT2D eigenvalue weighted by Gasteiger charge is 2.10. The maximum atomic E-state index is 12.0. The summed E-state index contributed by atoms with van der Waals surface area (Å²) in [5.74, 6) is 0.801. The number of nitrogens with one attached hydrogen (secondary N) is 1. The molecule has 0 aromatic heterocycles. The number of hydrogen-bond acceptors (Lipinski definition) is 5. The average molecular weight is 278 g/mol. The van der Waals surface area contributed by atoms with Crippen LogP contribution in [0, 0.1) is 0 Å². The van der Waals surface area contributed by atoms with Gasteiger partial charge in [0, 0.05) is 31.7 Å². The number of benzene rings is 1. The fourth-order valence-corrected chi connectivity index (χ4v) is 2.16. The van der Waals surface area contributed by atoms with Gasteiger partial charge in [-0.2, -0.15) is 0 Å². The number of morpholine rings is 1. The zero-order valence-electron chi connectivity index (χ0n) is 11.9. The molecule has 5 heteroatoms. The van der Waals surface area contributed by atoms with Gasteiger partial charge < -0.3 is 14.8 Å². The predicted octanol–water partition coefficient (Wildman–Crippen LogP) is 0.800. The quantitative estimate of drug-likeness (QED) is 0.590. The van der Waals surface area contributed by atoms with Crippen LogP contribution in [0.15, 0.2) is 24.3 Å². The molecule has 1 aliphatic rings. The summed E-state index contributed by atoms with van der Waals surface area (Å²) in [4.78, 5) is 14.4. The molecule has 1 fully saturated rings. The summed E-state index contributed by atoms with van der Waals surface area (Å²) in [6.07, 6.45) is 0. The lowest BCUT2D eigenvalue weighted by atomic mass is 10.1. The third-order valence-electron chi connectivity index (χ3n) is 3.39. The van der Waals surface area contributed by atoms with E-state index >= 15 is 0 Å².